The number of rotatable bonds is 6. The van der Waals surface area contributed by atoms with Crippen LogP contribution in [0.15, 0.2) is 70.5 Å². The van der Waals surface area contributed by atoms with Crippen LogP contribution in [0.1, 0.15) is 102 Å². The fraction of sp³-hybridized carbons (Fsp3) is 0.537. The summed E-state index contributed by atoms with van der Waals surface area (Å²) >= 11 is 0. The Morgan fingerprint density at radius 3 is 2.47 bits per heavy atom. The molecule has 5 bridgehead atoms. The van der Waals surface area contributed by atoms with Gasteiger partial charge in [-0.1, -0.05) is 52.0 Å². The van der Waals surface area contributed by atoms with E-state index in [1.807, 2.05) is 18.2 Å². The van der Waals surface area contributed by atoms with Gasteiger partial charge in [-0.25, -0.2) is 9.98 Å². The van der Waals surface area contributed by atoms with E-state index in [1.165, 1.54) is 19.3 Å². The first-order chi connectivity index (χ1) is 34.3. The molecule has 2 amide bonds. The molecule has 9 rings (SSSR count). The van der Waals surface area contributed by atoms with E-state index in [1.54, 1.807) is 57.0 Å². The second-order valence-corrected chi connectivity index (χ2v) is 20.6. The van der Waals surface area contributed by atoms with Crippen LogP contribution in [-0.4, -0.2) is 134 Å². The number of benzene rings is 2. The van der Waals surface area contributed by atoms with Crippen LogP contribution in [0.2, 0.25) is 0 Å². The first kappa shape index (κ1) is 52.0. The number of aromatic nitrogens is 1. The number of hydrogen-bond acceptors (Lipinski definition) is 16. The van der Waals surface area contributed by atoms with Gasteiger partial charge in [0, 0.05) is 107 Å². The number of allylic oxidation sites excluding steroid dienone is 3. The molecule has 2 saturated heterocycles. The van der Waals surface area contributed by atoms with Crippen molar-refractivity contribution in [3.05, 3.63) is 82.4 Å². The fourth-order valence-corrected chi connectivity index (χ4v) is 10.4. The molecule has 0 saturated carbocycles. The number of fused-ring (bicyclic) bond motifs is 13. The van der Waals surface area contributed by atoms with Gasteiger partial charge < -0.3 is 54.7 Å². The summed E-state index contributed by atoms with van der Waals surface area (Å²) in [5, 5.41) is 50.6. The summed E-state index contributed by atoms with van der Waals surface area (Å²) < 4.78 is 18.3. The average molecular weight is 992 g/mol. The Kier molecular flexibility index (Phi) is 15.4. The molecule has 2 aromatic carbocycles. The van der Waals surface area contributed by atoms with Crippen molar-refractivity contribution in [3.8, 4) is 17.2 Å². The van der Waals surface area contributed by atoms with Gasteiger partial charge in [0.1, 0.15) is 46.2 Å². The number of esters is 1. The van der Waals surface area contributed by atoms with Crippen molar-refractivity contribution in [1.29, 1.82) is 0 Å². The van der Waals surface area contributed by atoms with Gasteiger partial charge >= 0.3 is 11.8 Å². The minimum absolute atomic E-state index is 0.0537. The van der Waals surface area contributed by atoms with Crippen molar-refractivity contribution >= 4 is 45.8 Å². The van der Waals surface area contributed by atoms with E-state index in [-0.39, 0.29) is 74.9 Å². The smallest absolute Gasteiger partial charge is 0.315 e. The number of Topliss-reactive ketones (excluding diaryl/α,β-unsaturated/α-hetero) is 1. The number of carbonyl (C=O) groups is 4. The number of nitrogens with zero attached hydrogens (tertiary/aromatic N) is 6. The van der Waals surface area contributed by atoms with Crippen molar-refractivity contribution in [2.45, 2.75) is 123 Å². The highest BCUT2D eigenvalue weighted by Crippen LogP contribution is 2.51. The van der Waals surface area contributed by atoms with Gasteiger partial charge in [-0.2, -0.15) is 0 Å². The number of phenols is 2. The molecular weight excluding hydrogens is 923 g/mol. The summed E-state index contributed by atoms with van der Waals surface area (Å²) in [6.07, 6.45) is 8.14. The average Bonchev–Trinajstić information content (AvgIpc) is 3.71. The molecule has 386 valence electrons. The molecule has 18 heteroatoms. The maximum atomic E-state index is 14.8. The third-order valence-corrected chi connectivity index (χ3v) is 14.7. The maximum Gasteiger partial charge on any atom is 0.315 e. The van der Waals surface area contributed by atoms with Crippen LogP contribution in [0.3, 0.4) is 0 Å². The second-order valence-electron chi connectivity index (χ2n) is 20.6. The highest BCUT2D eigenvalue weighted by Gasteiger charge is 2.50. The van der Waals surface area contributed by atoms with Crippen molar-refractivity contribution in [3.63, 3.8) is 0 Å². The maximum absolute atomic E-state index is 14.8. The molecule has 72 heavy (non-hydrogen) atoms. The minimum Gasteiger partial charge on any atom is -0.507 e. The number of aromatic hydroxyl groups is 2. The summed E-state index contributed by atoms with van der Waals surface area (Å²) in [5.74, 6) is -5.12. The molecule has 6 atom stereocenters. The number of hydrogen-bond donors (Lipinski definition) is 5. The zero-order valence-corrected chi connectivity index (χ0v) is 42.4. The first-order valence-electron chi connectivity index (χ1n) is 25.3. The second kappa shape index (κ2) is 21.4. The van der Waals surface area contributed by atoms with Crippen LogP contribution in [-0.2, 0) is 23.9 Å². The van der Waals surface area contributed by atoms with Crippen LogP contribution in [0.4, 0.5) is 11.5 Å². The normalized spacial score (nSPS) is 27.8. The number of pyridine rings is 1. The lowest BCUT2D eigenvalue weighted by atomic mass is 9.86. The van der Waals surface area contributed by atoms with Gasteiger partial charge in [0.25, 0.3) is 11.7 Å². The van der Waals surface area contributed by atoms with Gasteiger partial charge in [-0.05, 0) is 57.2 Å². The SMILES string of the molecule is C/C1=C/C=C/C(C)[C@H](O)[C@@H](C)C(O)C[C@H](OC(=O)CC(=O)N2CCCN(c3ccccn3)CC2)CC/C=C/O[C@@]2(C)Oc3c(C)c(O)c4c(O)c(c5c(c4c3C2=O)NC2(CCN(CC(C)C)CC2)N=5)=NC1=O. The number of phenolic OH excluding ortho intramolecular Hbond substituents is 2. The van der Waals surface area contributed by atoms with Gasteiger partial charge in [0.15, 0.2) is 5.75 Å². The van der Waals surface area contributed by atoms with E-state index in [0.717, 1.165) is 12.4 Å². The van der Waals surface area contributed by atoms with E-state index in [0.29, 0.717) is 70.1 Å². The zero-order valence-electron chi connectivity index (χ0n) is 42.4. The minimum atomic E-state index is -1.93. The lowest BCUT2D eigenvalue weighted by Gasteiger charge is -2.38. The number of aliphatic hydroxyl groups is 2. The summed E-state index contributed by atoms with van der Waals surface area (Å²) in [7, 11) is 0. The lowest BCUT2D eigenvalue weighted by molar-refractivity contribution is -0.155. The molecule has 0 aliphatic carbocycles. The lowest BCUT2D eigenvalue weighted by Crippen LogP contribution is -2.47. The topological polar surface area (TPSA) is 236 Å². The van der Waals surface area contributed by atoms with E-state index in [9.17, 15) is 39.6 Å². The summed E-state index contributed by atoms with van der Waals surface area (Å²) in [6, 6.07) is 5.68. The Labute approximate surface area is 419 Å². The number of likely N-dealkylation sites (tertiary alicyclic amines) is 1. The van der Waals surface area contributed by atoms with Crippen LogP contribution < -0.4 is 25.7 Å². The Morgan fingerprint density at radius 1 is 0.986 bits per heavy atom. The first-order valence-corrected chi connectivity index (χ1v) is 25.3. The monoisotopic (exact) mass is 992 g/mol. The number of aliphatic hydroxyl groups excluding tert-OH is 2. The molecular formula is C54H69N7O11. The van der Waals surface area contributed by atoms with Gasteiger partial charge in [0.05, 0.1) is 35.1 Å². The molecule has 18 nitrogen and oxygen atoms in total. The number of piperidine rings is 1. The molecule has 3 aromatic rings. The third kappa shape index (κ3) is 10.7. The number of ketones is 1. The largest absolute Gasteiger partial charge is 0.507 e. The fourth-order valence-electron chi connectivity index (χ4n) is 10.4. The number of amides is 2. The molecule has 7 heterocycles. The predicted molar refractivity (Wildman–Crippen MR) is 269 cm³/mol. The molecule has 0 radical (unpaired) electrons. The van der Waals surface area contributed by atoms with Crippen LogP contribution in [0.5, 0.6) is 17.2 Å². The van der Waals surface area contributed by atoms with Crippen molar-refractivity contribution in [2.24, 2.45) is 27.7 Å². The Hall–Kier alpha value is -6.37. The molecule has 5 N–H and O–H groups in total. The zero-order chi connectivity index (χ0) is 51.6. The quantitative estimate of drug-likeness (QED) is 0.122. The predicted octanol–water partition coefficient (Wildman–Crippen LogP) is 5.14. The van der Waals surface area contributed by atoms with E-state index < -0.39 is 71.4 Å². The molecule has 1 spiro atoms. The van der Waals surface area contributed by atoms with E-state index in [4.69, 9.17) is 19.2 Å². The van der Waals surface area contributed by atoms with Gasteiger partial charge in [-0.3, -0.25) is 24.2 Å². The third-order valence-electron chi connectivity index (χ3n) is 14.7. The summed E-state index contributed by atoms with van der Waals surface area (Å²) in [6.45, 7) is 16.8. The molecule has 6 aliphatic rings. The van der Waals surface area contributed by atoms with Crippen LogP contribution >= 0.6 is 0 Å². The summed E-state index contributed by atoms with van der Waals surface area (Å²) in [4.78, 5) is 75.8. The molecule has 1 aromatic heterocycles. The Bertz CT molecular complexity index is 2810. The number of anilines is 2. The van der Waals surface area contributed by atoms with Gasteiger partial charge in [-0.15, -0.1) is 0 Å². The van der Waals surface area contributed by atoms with Crippen LogP contribution in [0, 0.1) is 24.7 Å². The van der Waals surface area contributed by atoms with Crippen molar-refractivity contribution in [1.82, 2.24) is 14.8 Å². The standard InChI is InChI=1S/C54H69N7O11/c1-31(2)30-59-23-18-54(19-24-59)57-44-41-42-48(66)35(6)50-43(41)51(68)53(7,72-50)70-27-11-9-16-36(71-40(64)29-39(63)61-22-13-21-60(25-26-61)38-17-8-10-20-55-38)28-37(62)34(5)47(65)32(3)14-12-15-33(4)52(69)56-46(49(42)67)45(44)58-54/h8,10-12,14-15,17,20,27,31-32,34,36-37,47,57,62,65-67H,9,13,16,18-19,21-26,28-30H2,1-7H3/b14-12+,27-11+,33-15-,56-46?/t32?,34-,36+,37?,47-,53-/m0/s1. The van der Waals surface area contributed by atoms with Crippen LogP contribution in [0.25, 0.3) is 10.8 Å². The van der Waals surface area contributed by atoms with Gasteiger partial charge in [0.2, 0.25) is 5.91 Å². The number of ether oxygens (including phenoxy) is 3. The molecule has 2 fully saturated rings. The summed E-state index contributed by atoms with van der Waals surface area (Å²) in [5.41, 5.74) is -0.136. The number of nitrogens with one attached hydrogen (secondary N) is 1. The molecule has 6 aliphatic heterocycles. The Balaban J connectivity index is 1.09. The van der Waals surface area contributed by atoms with Crippen molar-refractivity contribution < 1.29 is 53.8 Å². The highest BCUT2D eigenvalue weighted by atomic mass is 16.7. The Morgan fingerprint density at radius 2 is 1.75 bits per heavy atom. The highest BCUT2D eigenvalue weighted by molar-refractivity contribution is 6.21. The van der Waals surface area contributed by atoms with Crippen molar-refractivity contribution in [2.75, 3.05) is 56.0 Å². The van der Waals surface area contributed by atoms with E-state index >= 15 is 0 Å². The number of carbonyl (C=O) groups excluding carboxylic acids is 4. The van der Waals surface area contributed by atoms with E-state index in [2.05, 4.69) is 38.9 Å². The molecule has 2 unspecified atom stereocenters.